The highest BCUT2D eigenvalue weighted by Gasteiger charge is 2.29. The number of sulfone groups is 1. The third-order valence-electron chi connectivity index (χ3n) is 5.18. The maximum Gasteiger partial charge on any atom is 0.222 e. The summed E-state index contributed by atoms with van der Waals surface area (Å²) >= 11 is 0. The van der Waals surface area contributed by atoms with Crippen LogP contribution in [0.3, 0.4) is 0 Å². The minimum atomic E-state index is -3.56. The van der Waals surface area contributed by atoms with Crippen molar-refractivity contribution in [2.45, 2.75) is 36.9 Å². The summed E-state index contributed by atoms with van der Waals surface area (Å²) in [5.41, 5.74) is 1.40. The number of benzene rings is 1. The van der Waals surface area contributed by atoms with Crippen LogP contribution in [0.2, 0.25) is 0 Å². The maximum absolute atomic E-state index is 14.6. The number of aliphatic hydroxyl groups excluding tert-OH is 1. The van der Waals surface area contributed by atoms with Crippen LogP contribution in [0.5, 0.6) is 5.75 Å². The number of halogens is 1. The summed E-state index contributed by atoms with van der Waals surface area (Å²) in [6, 6.07) is 9.13. The van der Waals surface area contributed by atoms with Crippen molar-refractivity contribution in [3.8, 4) is 17.0 Å². The molecule has 1 fully saturated rings. The monoisotopic (exact) mass is 486 g/mol. The number of carbonyl (C=O) groups is 1. The number of pyridine rings is 2. The molecular weight excluding hydrogens is 463 g/mol. The molecule has 9 nitrogen and oxygen atoms in total. The number of amides is 1. The SMILES string of the molecule is CC(=O)Nc1ccc(-c2cc(Nc3cc(OC4CC(O)C4)cc(S(C)(=O)=O)c3)c(F)cn2)cn1. The van der Waals surface area contributed by atoms with Gasteiger partial charge in [0, 0.05) is 49.5 Å². The van der Waals surface area contributed by atoms with Gasteiger partial charge in [0.25, 0.3) is 0 Å². The van der Waals surface area contributed by atoms with Gasteiger partial charge in [-0.25, -0.2) is 17.8 Å². The van der Waals surface area contributed by atoms with Gasteiger partial charge in [-0.05, 0) is 30.3 Å². The molecule has 0 spiro atoms. The molecule has 0 bridgehead atoms. The number of carbonyl (C=O) groups excluding carboxylic acids is 1. The summed E-state index contributed by atoms with van der Waals surface area (Å²) in [6.45, 7) is 1.37. The van der Waals surface area contributed by atoms with E-state index < -0.39 is 21.8 Å². The highest BCUT2D eigenvalue weighted by molar-refractivity contribution is 7.90. The average Bonchev–Trinajstić information content (AvgIpc) is 2.74. The van der Waals surface area contributed by atoms with E-state index in [0.717, 1.165) is 12.5 Å². The first-order chi connectivity index (χ1) is 16.1. The number of nitrogens with one attached hydrogen (secondary N) is 2. The fourth-order valence-electron chi connectivity index (χ4n) is 3.40. The first-order valence-corrected chi connectivity index (χ1v) is 12.3. The highest BCUT2D eigenvalue weighted by atomic mass is 32.2. The van der Waals surface area contributed by atoms with Gasteiger partial charge in [-0.1, -0.05) is 0 Å². The average molecular weight is 487 g/mol. The minimum absolute atomic E-state index is 0.0137. The van der Waals surface area contributed by atoms with Crippen LogP contribution in [-0.2, 0) is 14.6 Å². The van der Waals surface area contributed by atoms with Crippen LogP contribution in [0, 0.1) is 5.82 Å². The van der Waals surface area contributed by atoms with Gasteiger partial charge >= 0.3 is 0 Å². The normalized spacial score (nSPS) is 17.5. The van der Waals surface area contributed by atoms with Crippen LogP contribution in [0.4, 0.5) is 21.6 Å². The van der Waals surface area contributed by atoms with E-state index in [0.29, 0.717) is 41.4 Å². The van der Waals surface area contributed by atoms with Gasteiger partial charge in [0.15, 0.2) is 15.7 Å². The lowest BCUT2D eigenvalue weighted by atomic mass is 9.92. The zero-order valence-electron chi connectivity index (χ0n) is 18.4. The van der Waals surface area contributed by atoms with E-state index in [2.05, 4.69) is 20.6 Å². The molecule has 0 atom stereocenters. The number of rotatable bonds is 7. The molecule has 0 radical (unpaired) electrons. The molecule has 1 aromatic carbocycles. The predicted octanol–water partition coefficient (Wildman–Crippen LogP) is 3.29. The Labute approximate surface area is 195 Å². The molecule has 1 aliphatic carbocycles. The second kappa shape index (κ2) is 9.35. The molecule has 4 rings (SSSR count). The predicted molar refractivity (Wildman–Crippen MR) is 124 cm³/mol. The van der Waals surface area contributed by atoms with Crippen molar-refractivity contribution in [1.29, 1.82) is 0 Å². The van der Waals surface area contributed by atoms with E-state index in [1.165, 1.54) is 31.3 Å². The van der Waals surface area contributed by atoms with Crippen molar-refractivity contribution in [3.05, 3.63) is 54.6 Å². The van der Waals surface area contributed by atoms with Gasteiger partial charge in [0.1, 0.15) is 17.7 Å². The summed E-state index contributed by atoms with van der Waals surface area (Å²) in [5.74, 6) is -0.212. The van der Waals surface area contributed by atoms with Crippen molar-refractivity contribution in [2.75, 3.05) is 16.9 Å². The topological polar surface area (TPSA) is 131 Å². The Bertz CT molecular complexity index is 1330. The Balaban J connectivity index is 1.62. The van der Waals surface area contributed by atoms with Gasteiger partial charge in [-0.3, -0.25) is 9.78 Å². The van der Waals surface area contributed by atoms with E-state index in [1.54, 1.807) is 18.2 Å². The Hall–Kier alpha value is -3.57. The van der Waals surface area contributed by atoms with Gasteiger partial charge < -0.3 is 20.5 Å². The number of aliphatic hydroxyl groups is 1. The number of hydrogen-bond acceptors (Lipinski definition) is 8. The molecule has 1 saturated carbocycles. The van der Waals surface area contributed by atoms with Crippen molar-refractivity contribution in [1.82, 2.24) is 9.97 Å². The fourth-order valence-corrected chi connectivity index (χ4v) is 4.07. The van der Waals surface area contributed by atoms with Gasteiger partial charge in [-0.2, -0.15) is 0 Å². The first kappa shape index (κ1) is 23.6. The van der Waals surface area contributed by atoms with Crippen LogP contribution in [-0.4, -0.2) is 47.9 Å². The fraction of sp³-hybridized carbons (Fsp3) is 0.261. The van der Waals surface area contributed by atoms with Gasteiger partial charge in [0.05, 0.1) is 28.6 Å². The number of aromatic nitrogens is 2. The van der Waals surface area contributed by atoms with E-state index in [9.17, 15) is 22.7 Å². The highest BCUT2D eigenvalue weighted by Crippen LogP contribution is 2.32. The zero-order chi connectivity index (χ0) is 24.5. The minimum Gasteiger partial charge on any atom is -0.490 e. The Kier molecular flexibility index (Phi) is 6.49. The Morgan fingerprint density at radius 3 is 2.53 bits per heavy atom. The largest absolute Gasteiger partial charge is 0.490 e. The molecule has 178 valence electrons. The summed E-state index contributed by atoms with van der Waals surface area (Å²) in [5, 5.41) is 14.9. The molecule has 0 unspecified atom stereocenters. The molecular formula is C23H23FN4O5S. The maximum atomic E-state index is 14.6. The lowest BCUT2D eigenvalue weighted by molar-refractivity contribution is -0.114. The molecule has 11 heteroatoms. The number of nitrogens with zero attached hydrogens (tertiary/aromatic N) is 2. The van der Waals surface area contributed by atoms with E-state index in [1.807, 2.05) is 0 Å². The van der Waals surface area contributed by atoms with Crippen molar-refractivity contribution >= 4 is 32.9 Å². The van der Waals surface area contributed by atoms with Crippen LogP contribution >= 0.6 is 0 Å². The molecule has 0 saturated heterocycles. The van der Waals surface area contributed by atoms with Gasteiger partial charge in [-0.15, -0.1) is 0 Å². The van der Waals surface area contributed by atoms with Crippen molar-refractivity contribution < 1.29 is 27.4 Å². The van der Waals surface area contributed by atoms with Crippen LogP contribution < -0.4 is 15.4 Å². The van der Waals surface area contributed by atoms with E-state index >= 15 is 0 Å². The lowest BCUT2D eigenvalue weighted by Crippen LogP contribution is -2.37. The lowest BCUT2D eigenvalue weighted by Gasteiger charge is -2.31. The standard InChI is InChI=1S/C23H23FN4O5S/c1-13(29)27-23-4-3-14(11-26-23)21-10-22(20(24)12-25-21)28-15-5-17(33-18-7-16(30)8-18)9-19(6-15)34(2,31)32/h3-6,9-12,16,18,30H,7-8H2,1-2H3,(H,25,28)(H,26,27,29). The van der Waals surface area contributed by atoms with Crippen LogP contribution in [0.15, 0.2) is 53.7 Å². The molecule has 2 heterocycles. The smallest absolute Gasteiger partial charge is 0.222 e. The number of ether oxygens (including phenoxy) is 1. The van der Waals surface area contributed by atoms with Crippen LogP contribution in [0.1, 0.15) is 19.8 Å². The molecule has 3 aromatic rings. The second-order valence-electron chi connectivity index (χ2n) is 8.12. The summed E-state index contributed by atoms with van der Waals surface area (Å²) in [4.78, 5) is 19.4. The third-order valence-corrected chi connectivity index (χ3v) is 6.27. The summed E-state index contributed by atoms with van der Waals surface area (Å²) in [7, 11) is -3.56. The van der Waals surface area contributed by atoms with Crippen molar-refractivity contribution in [2.24, 2.45) is 0 Å². The van der Waals surface area contributed by atoms with E-state index in [4.69, 9.17) is 4.74 Å². The van der Waals surface area contributed by atoms with Crippen LogP contribution in [0.25, 0.3) is 11.3 Å². The third kappa shape index (κ3) is 5.67. The summed E-state index contributed by atoms with van der Waals surface area (Å²) in [6.07, 6.45) is 3.91. The molecule has 1 amide bonds. The van der Waals surface area contributed by atoms with Gasteiger partial charge in [0.2, 0.25) is 5.91 Å². The number of anilines is 3. The molecule has 1 aliphatic rings. The molecule has 34 heavy (non-hydrogen) atoms. The summed E-state index contributed by atoms with van der Waals surface area (Å²) < 4.78 is 44.7. The molecule has 2 aromatic heterocycles. The Morgan fingerprint density at radius 1 is 1.15 bits per heavy atom. The molecule has 0 aliphatic heterocycles. The zero-order valence-corrected chi connectivity index (χ0v) is 19.3. The second-order valence-corrected chi connectivity index (χ2v) is 10.1. The Morgan fingerprint density at radius 2 is 1.91 bits per heavy atom. The first-order valence-electron chi connectivity index (χ1n) is 10.4. The quantitative estimate of drug-likeness (QED) is 0.464. The number of hydrogen-bond donors (Lipinski definition) is 3. The molecule has 3 N–H and O–H groups in total. The van der Waals surface area contributed by atoms with Crippen molar-refractivity contribution in [3.63, 3.8) is 0 Å². The van der Waals surface area contributed by atoms with E-state index in [-0.39, 0.29) is 22.6 Å².